The molecule has 0 N–H and O–H groups in total. The van der Waals surface area contributed by atoms with Crippen molar-refractivity contribution in [3.05, 3.63) is 51.2 Å². The maximum absolute atomic E-state index is 12.2. The molecule has 0 amide bonds. The second kappa shape index (κ2) is 9.49. The Morgan fingerprint density at radius 1 is 1.11 bits per heavy atom. The molecule has 0 spiro atoms. The van der Waals surface area contributed by atoms with Crippen LogP contribution in [-0.4, -0.2) is 18.6 Å². The molecule has 0 saturated carbocycles. The van der Waals surface area contributed by atoms with Crippen LogP contribution in [0.1, 0.15) is 68.3 Å². The zero-order valence-electron chi connectivity index (χ0n) is 18.3. The predicted molar refractivity (Wildman–Crippen MR) is 124 cm³/mol. The largest absolute Gasteiger partial charge is 0.486 e. The van der Waals surface area contributed by atoms with Crippen LogP contribution in [0, 0.1) is 12.3 Å². The standard InChI is InChI=1S/C24H34O2S2/c1-8-24(9-2,22-13-11-19(28-22)16-27-7)18-10-12-20(17(3)14-18)26-15-21(25)23(4,5)6/h10-14H,8-9,15-16H2,1-7H3. The molecular formula is C24H34O2S2. The molecule has 1 aromatic heterocycles. The monoisotopic (exact) mass is 418 g/mol. The first-order valence-corrected chi connectivity index (χ1v) is 12.2. The van der Waals surface area contributed by atoms with Crippen LogP contribution in [0.5, 0.6) is 5.75 Å². The highest BCUT2D eigenvalue weighted by Gasteiger charge is 2.32. The van der Waals surface area contributed by atoms with Crippen molar-refractivity contribution < 1.29 is 9.53 Å². The molecule has 0 fully saturated rings. The Labute approximate surface area is 179 Å². The van der Waals surface area contributed by atoms with E-state index in [4.69, 9.17) is 4.74 Å². The van der Waals surface area contributed by atoms with Crippen molar-refractivity contribution in [3.63, 3.8) is 0 Å². The van der Waals surface area contributed by atoms with E-state index in [-0.39, 0.29) is 23.2 Å². The van der Waals surface area contributed by atoms with E-state index in [1.54, 1.807) is 0 Å². The quantitative estimate of drug-likeness (QED) is 0.438. The molecule has 154 valence electrons. The Morgan fingerprint density at radius 2 is 1.79 bits per heavy atom. The predicted octanol–water partition coefficient (Wildman–Crippen LogP) is 7.02. The van der Waals surface area contributed by atoms with Gasteiger partial charge in [-0.2, -0.15) is 11.8 Å². The first kappa shape index (κ1) is 23.0. The van der Waals surface area contributed by atoms with Gasteiger partial charge in [0.15, 0.2) is 5.78 Å². The first-order valence-electron chi connectivity index (χ1n) is 10.0. The van der Waals surface area contributed by atoms with Gasteiger partial charge in [-0.15, -0.1) is 11.3 Å². The van der Waals surface area contributed by atoms with Crippen LogP contribution in [0.15, 0.2) is 30.3 Å². The van der Waals surface area contributed by atoms with E-state index < -0.39 is 0 Å². The number of hydrogen-bond donors (Lipinski definition) is 0. The van der Waals surface area contributed by atoms with Crippen LogP contribution in [0.25, 0.3) is 0 Å². The minimum absolute atomic E-state index is 0.0336. The summed E-state index contributed by atoms with van der Waals surface area (Å²) in [5.74, 6) is 1.99. The first-order chi connectivity index (χ1) is 13.2. The number of carbonyl (C=O) groups excluding carboxylic acids is 1. The summed E-state index contributed by atoms with van der Waals surface area (Å²) in [6, 6.07) is 11.1. The van der Waals surface area contributed by atoms with Gasteiger partial charge in [-0.1, -0.05) is 46.8 Å². The van der Waals surface area contributed by atoms with Crippen LogP contribution in [0.3, 0.4) is 0 Å². The molecule has 0 aliphatic carbocycles. The SMILES string of the molecule is CCC(CC)(c1ccc(OCC(=O)C(C)(C)C)c(C)c1)c1ccc(CSC)s1. The van der Waals surface area contributed by atoms with E-state index in [9.17, 15) is 4.79 Å². The molecule has 0 aliphatic rings. The second-order valence-electron chi connectivity index (χ2n) is 8.43. The lowest BCUT2D eigenvalue weighted by atomic mass is 9.74. The van der Waals surface area contributed by atoms with Gasteiger partial charge in [0.1, 0.15) is 12.4 Å². The second-order valence-corrected chi connectivity index (χ2v) is 10.5. The zero-order valence-corrected chi connectivity index (χ0v) is 20.0. The van der Waals surface area contributed by atoms with E-state index in [0.717, 1.165) is 29.9 Å². The summed E-state index contributed by atoms with van der Waals surface area (Å²) >= 11 is 3.81. The average Bonchev–Trinajstić information content (AvgIpc) is 3.11. The highest BCUT2D eigenvalue weighted by Crippen LogP contribution is 2.43. The number of thiophene rings is 1. The van der Waals surface area contributed by atoms with Gasteiger partial charge in [0.05, 0.1) is 0 Å². The molecule has 0 saturated heterocycles. The van der Waals surface area contributed by atoms with Crippen LogP contribution in [-0.2, 0) is 16.0 Å². The number of thioether (sulfide) groups is 1. The van der Waals surface area contributed by atoms with E-state index in [1.165, 1.54) is 15.3 Å². The van der Waals surface area contributed by atoms with Crippen LogP contribution < -0.4 is 4.74 Å². The summed E-state index contributed by atoms with van der Waals surface area (Å²) in [6.45, 7) is 12.5. The summed E-state index contributed by atoms with van der Waals surface area (Å²) in [5.41, 5.74) is 2.08. The maximum Gasteiger partial charge on any atom is 0.175 e. The summed E-state index contributed by atoms with van der Waals surface area (Å²) in [7, 11) is 0. The van der Waals surface area contributed by atoms with Crippen LogP contribution >= 0.6 is 23.1 Å². The zero-order chi connectivity index (χ0) is 20.9. The van der Waals surface area contributed by atoms with Gasteiger partial charge in [0.2, 0.25) is 0 Å². The Hall–Kier alpha value is -1.26. The lowest BCUT2D eigenvalue weighted by Crippen LogP contribution is -2.27. The van der Waals surface area contributed by atoms with E-state index in [2.05, 4.69) is 51.3 Å². The summed E-state index contributed by atoms with van der Waals surface area (Å²) in [4.78, 5) is 15.1. The number of Topliss-reactive ketones (excluding diaryl/α,β-unsaturated/α-hetero) is 1. The third-order valence-corrected chi connectivity index (χ3v) is 7.62. The fourth-order valence-corrected chi connectivity index (χ4v) is 5.60. The highest BCUT2D eigenvalue weighted by atomic mass is 32.2. The molecule has 0 unspecified atom stereocenters. The van der Waals surface area contributed by atoms with Gasteiger partial charge in [-0.25, -0.2) is 0 Å². The summed E-state index contributed by atoms with van der Waals surface area (Å²) in [5, 5.41) is 0. The van der Waals surface area contributed by atoms with Crippen molar-refractivity contribution in [2.45, 2.75) is 65.6 Å². The third-order valence-electron chi connectivity index (χ3n) is 5.55. The van der Waals surface area contributed by atoms with Crippen molar-refractivity contribution >= 4 is 28.9 Å². The van der Waals surface area contributed by atoms with Crippen molar-refractivity contribution in [1.82, 2.24) is 0 Å². The van der Waals surface area contributed by atoms with Gasteiger partial charge in [-0.3, -0.25) is 4.79 Å². The molecular weight excluding hydrogens is 384 g/mol. The molecule has 0 aliphatic heterocycles. The average molecular weight is 419 g/mol. The number of hydrogen-bond acceptors (Lipinski definition) is 4. The minimum atomic E-state index is -0.374. The molecule has 2 nitrogen and oxygen atoms in total. The van der Waals surface area contributed by atoms with Crippen molar-refractivity contribution in [2.24, 2.45) is 5.41 Å². The fourth-order valence-electron chi connectivity index (χ4n) is 3.47. The Bertz CT molecular complexity index is 795. The van der Waals surface area contributed by atoms with Gasteiger partial charge in [-0.05, 0) is 55.3 Å². The van der Waals surface area contributed by atoms with Gasteiger partial charge in [0.25, 0.3) is 0 Å². The van der Waals surface area contributed by atoms with Gasteiger partial charge >= 0.3 is 0 Å². The number of carbonyl (C=O) groups is 1. The van der Waals surface area contributed by atoms with Crippen molar-refractivity contribution in [1.29, 1.82) is 0 Å². The highest BCUT2D eigenvalue weighted by molar-refractivity contribution is 7.97. The maximum atomic E-state index is 12.2. The van der Waals surface area contributed by atoms with Crippen molar-refractivity contribution in [2.75, 3.05) is 12.9 Å². The minimum Gasteiger partial charge on any atom is -0.486 e. The lowest BCUT2D eigenvalue weighted by molar-refractivity contribution is -0.128. The molecule has 1 heterocycles. The number of benzene rings is 1. The van der Waals surface area contributed by atoms with E-state index >= 15 is 0 Å². The van der Waals surface area contributed by atoms with Gasteiger partial charge in [0, 0.05) is 26.3 Å². The van der Waals surface area contributed by atoms with Gasteiger partial charge < -0.3 is 4.74 Å². The van der Waals surface area contributed by atoms with Crippen molar-refractivity contribution in [3.8, 4) is 5.75 Å². The normalized spacial score (nSPS) is 12.2. The molecule has 2 aromatic rings. The molecule has 0 radical (unpaired) electrons. The smallest absolute Gasteiger partial charge is 0.175 e. The Morgan fingerprint density at radius 3 is 2.32 bits per heavy atom. The van der Waals surface area contributed by atoms with Crippen LogP contribution in [0.2, 0.25) is 0 Å². The fraction of sp³-hybridized carbons (Fsp3) is 0.542. The molecule has 1 aromatic carbocycles. The summed E-state index contributed by atoms with van der Waals surface area (Å²) < 4.78 is 5.85. The Balaban J connectivity index is 2.30. The molecule has 0 bridgehead atoms. The molecule has 2 rings (SSSR count). The van der Waals surface area contributed by atoms with E-state index in [1.807, 2.05) is 49.9 Å². The third kappa shape index (κ3) is 5.01. The Kier molecular flexibility index (Phi) is 7.81. The number of rotatable bonds is 9. The molecule has 4 heteroatoms. The van der Waals surface area contributed by atoms with E-state index in [0.29, 0.717) is 0 Å². The topological polar surface area (TPSA) is 26.3 Å². The number of ketones is 1. The summed E-state index contributed by atoms with van der Waals surface area (Å²) in [6.07, 6.45) is 4.27. The molecule has 28 heavy (non-hydrogen) atoms. The number of aryl methyl sites for hydroxylation is 1. The van der Waals surface area contributed by atoms with Crippen LogP contribution in [0.4, 0.5) is 0 Å². The number of ether oxygens (including phenoxy) is 1. The molecule has 0 atom stereocenters. The lowest BCUT2D eigenvalue weighted by Gasteiger charge is -2.32.